The Hall–Kier alpha value is -1.09. The van der Waals surface area contributed by atoms with Crippen molar-refractivity contribution >= 4 is 5.78 Å². The van der Waals surface area contributed by atoms with Gasteiger partial charge in [-0.3, -0.25) is 4.79 Å². The topological polar surface area (TPSA) is 23.6 Å². The van der Waals surface area contributed by atoms with E-state index in [0.29, 0.717) is 30.2 Å². The van der Waals surface area contributed by atoms with Crippen molar-refractivity contribution in [1.29, 1.82) is 0 Å². The number of hydrogen-bond donors (Lipinski definition) is 0. The molecule has 2 fully saturated rings. The minimum Gasteiger partial charge on any atom is -0.373 e. The minimum absolute atomic E-state index is 0.297. The summed E-state index contributed by atoms with van der Waals surface area (Å²) in [5, 5.41) is 0. The number of carbonyl (C=O) groups is 1. The van der Waals surface area contributed by atoms with Gasteiger partial charge in [0.15, 0.2) is 5.78 Å². The Balaban J connectivity index is 1.82. The number of allylic oxidation sites excluding steroid dienone is 1. The first-order valence-corrected chi connectivity index (χ1v) is 6.97. The predicted octanol–water partition coefficient (Wildman–Crippen LogP) is 1.67. The van der Waals surface area contributed by atoms with Crippen LogP contribution in [0.2, 0.25) is 0 Å². The van der Waals surface area contributed by atoms with Gasteiger partial charge in [0.1, 0.15) is 0 Å². The Kier molecular flexibility index (Phi) is 3.02. The van der Waals surface area contributed by atoms with Gasteiger partial charge < -0.3 is 9.80 Å². The molecule has 0 aliphatic carbocycles. The molecule has 4 atom stereocenters. The normalized spacial score (nSPS) is 39.6. The maximum atomic E-state index is 11.6. The Morgan fingerprint density at radius 2 is 2.28 bits per heavy atom. The van der Waals surface area contributed by atoms with Crippen LogP contribution in [0.1, 0.15) is 19.3 Å². The summed E-state index contributed by atoms with van der Waals surface area (Å²) in [6, 6.07) is 1.08. The average molecular weight is 246 g/mol. The van der Waals surface area contributed by atoms with Gasteiger partial charge >= 0.3 is 0 Å². The van der Waals surface area contributed by atoms with E-state index in [-0.39, 0.29) is 0 Å². The number of carbonyl (C=O) groups excluding carboxylic acids is 1. The lowest BCUT2D eigenvalue weighted by Crippen LogP contribution is -2.60. The van der Waals surface area contributed by atoms with Crippen LogP contribution >= 0.6 is 0 Å². The zero-order chi connectivity index (χ0) is 12.7. The Labute approximate surface area is 109 Å². The Morgan fingerprint density at radius 1 is 1.44 bits per heavy atom. The summed E-state index contributed by atoms with van der Waals surface area (Å²) in [5.74, 6) is 1.68. The highest BCUT2D eigenvalue weighted by Crippen LogP contribution is 2.39. The molecule has 3 heteroatoms. The third kappa shape index (κ3) is 1.91. The van der Waals surface area contributed by atoms with Gasteiger partial charge in [0.25, 0.3) is 0 Å². The molecule has 18 heavy (non-hydrogen) atoms. The summed E-state index contributed by atoms with van der Waals surface area (Å²) in [6.07, 6.45) is 8.91. The van der Waals surface area contributed by atoms with Crippen molar-refractivity contribution < 1.29 is 4.79 Å². The monoisotopic (exact) mass is 246 g/mol. The Morgan fingerprint density at radius 3 is 3.06 bits per heavy atom. The van der Waals surface area contributed by atoms with Crippen LogP contribution in [0.5, 0.6) is 0 Å². The fourth-order valence-corrected chi connectivity index (χ4v) is 4.09. The number of likely N-dealkylation sites (tertiary alicyclic amines) is 1. The van der Waals surface area contributed by atoms with Crippen LogP contribution in [-0.4, -0.2) is 47.8 Å². The van der Waals surface area contributed by atoms with E-state index in [0.717, 1.165) is 25.4 Å². The molecule has 3 heterocycles. The van der Waals surface area contributed by atoms with E-state index in [9.17, 15) is 4.79 Å². The first-order chi connectivity index (χ1) is 8.69. The summed E-state index contributed by atoms with van der Waals surface area (Å²) < 4.78 is 0. The summed E-state index contributed by atoms with van der Waals surface area (Å²) in [7, 11) is 2.23. The molecule has 3 aliphatic rings. The number of rotatable bonds is 2. The summed E-state index contributed by atoms with van der Waals surface area (Å²) in [4.78, 5) is 16.5. The van der Waals surface area contributed by atoms with Gasteiger partial charge in [-0.1, -0.05) is 6.08 Å². The standard InChI is InChI=1S/C15H22N2O/c1-3-4-14-12-7-11(9-16(14)2)15-8-13(18)5-6-17(15)10-12/h3,5-6,11-12,14-15H,1,4,7-10H2,2H3. The van der Waals surface area contributed by atoms with Crippen molar-refractivity contribution in [2.24, 2.45) is 11.8 Å². The van der Waals surface area contributed by atoms with E-state index in [2.05, 4.69) is 23.4 Å². The molecule has 3 rings (SSSR count). The van der Waals surface area contributed by atoms with Crippen molar-refractivity contribution in [2.75, 3.05) is 20.1 Å². The number of piperidine rings is 2. The second kappa shape index (κ2) is 4.54. The molecule has 4 unspecified atom stereocenters. The molecule has 0 aromatic rings. The molecule has 0 aromatic carbocycles. The second-order valence-corrected chi connectivity index (χ2v) is 6.04. The lowest BCUT2D eigenvalue weighted by Gasteiger charge is -2.54. The van der Waals surface area contributed by atoms with Gasteiger partial charge in [-0.2, -0.15) is 0 Å². The van der Waals surface area contributed by atoms with Crippen LogP contribution in [-0.2, 0) is 4.79 Å². The lowest BCUT2D eigenvalue weighted by molar-refractivity contribution is -0.119. The van der Waals surface area contributed by atoms with Crippen LogP contribution in [0.4, 0.5) is 0 Å². The molecule has 0 amide bonds. The highest BCUT2D eigenvalue weighted by atomic mass is 16.1. The minimum atomic E-state index is 0.297. The molecule has 0 N–H and O–H groups in total. The average Bonchev–Trinajstić information content (AvgIpc) is 2.35. The fraction of sp³-hybridized carbons (Fsp3) is 0.667. The summed E-state index contributed by atoms with van der Waals surface area (Å²) >= 11 is 0. The molecule has 0 saturated carbocycles. The molecule has 3 nitrogen and oxygen atoms in total. The van der Waals surface area contributed by atoms with E-state index >= 15 is 0 Å². The van der Waals surface area contributed by atoms with Gasteiger partial charge in [-0.25, -0.2) is 0 Å². The third-order valence-corrected chi connectivity index (χ3v) is 4.92. The largest absolute Gasteiger partial charge is 0.373 e. The van der Waals surface area contributed by atoms with Gasteiger partial charge in [0, 0.05) is 37.8 Å². The van der Waals surface area contributed by atoms with E-state index in [1.54, 1.807) is 6.08 Å². The highest BCUT2D eigenvalue weighted by molar-refractivity contribution is 5.90. The molecular formula is C15H22N2O. The molecule has 3 aliphatic heterocycles. The SMILES string of the molecule is C=CCC1C2CC(CN1C)C1CC(=O)C=CN1C2. The van der Waals surface area contributed by atoms with Crippen molar-refractivity contribution in [1.82, 2.24) is 9.80 Å². The quantitative estimate of drug-likeness (QED) is 0.692. The maximum Gasteiger partial charge on any atom is 0.159 e. The predicted molar refractivity (Wildman–Crippen MR) is 72.1 cm³/mol. The van der Waals surface area contributed by atoms with E-state index in [1.807, 2.05) is 12.3 Å². The number of hydrogen-bond acceptors (Lipinski definition) is 3. The van der Waals surface area contributed by atoms with Crippen molar-refractivity contribution in [3.8, 4) is 0 Å². The molecule has 0 spiro atoms. The van der Waals surface area contributed by atoms with Gasteiger partial charge in [-0.15, -0.1) is 6.58 Å². The molecule has 0 radical (unpaired) electrons. The fourth-order valence-electron chi connectivity index (χ4n) is 4.09. The van der Waals surface area contributed by atoms with Gasteiger partial charge in [-0.05, 0) is 37.8 Å². The van der Waals surface area contributed by atoms with Gasteiger partial charge in [0.05, 0.1) is 0 Å². The lowest BCUT2D eigenvalue weighted by atomic mass is 9.73. The van der Waals surface area contributed by atoms with E-state index in [4.69, 9.17) is 0 Å². The highest BCUT2D eigenvalue weighted by Gasteiger charge is 2.44. The van der Waals surface area contributed by atoms with Crippen LogP contribution in [0.25, 0.3) is 0 Å². The molecule has 0 aromatic heterocycles. The van der Waals surface area contributed by atoms with Crippen molar-refractivity contribution in [2.45, 2.75) is 31.3 Å². The molecule has 98 valence electrons. The summed E-state index contributed by atoms with van der Waals surface area (Å²) in [6.45, 7) is 6.11. The molecule has 2 bridgehead atoms. The third-order valence-electron chi connectivity index (χ3n) is 4.92. The van der Waals surface area contributed by atoms with Crippen LogP contribution in [0.3, 0.4) is 0 Å². The number of ketones is 1. The number of fused-ring (bicyclic) bond motifs is 4. The first-order valence-electron chi connectivity index (χ1n) is 6.97. The first kappa shape index (κ1) is 12.0. The Bertz CT molecular complexity index is 388. The van der Waals surface area contributed by atoms with Crippen molar-refractivity contribution in [3.63, 3.8) is 0 Å². The van der Waals surface area contributed by atoms with E-state index in [1.165, 1.54) is 6.42 Å². The molecule has 2 saturated heterocycles. The maximum absolute atomic E-state index is 11.6. The van der Waals surface area contributed by atoms with Crippen LogP contribution in [0.15, 0.2) is 24.9 Å². The second-order valence-electron chi connectivity index (χ2n) is 6.04. The van der Waals surface area contributed by atoms with E-state index < -0.39 is 0 Å². The van der Waals surface area contributed by atoms with Crippen LogP contribution in [0, 0.1) is 11.8 Å². The van der Waals surface area contributed by atoms with Gasteiger partial charge in [0.2, 0.25) is 0 Å². The van der Waals surface area contributed by atoms with Crippen LogP contribution < -0.4 is 0 Å². The smallest absolute Gasteiger partial charge is 0.159 e. The molecular weight excluding hydrogens is 224 g/mol. The van der Waals surface area contributed by atoms with Crippen molar-refractivity contribution in [3.05, 3.63) is 24.9 Å². The zero-order valence-electron chi connectivity index (χ0n) is 11.1. The summed E-state index contributed by atoms with van der Waals surface area (Å²) in [5.41, 5.74) is 0. The number of nitrogens with zero attached hydrogens (tertiary/aromatic N) is 2. The zero-order valence-corrected chi connectivity index (χ0v) is 11.1.